The molecule has 9 heteroatoms. The quantitative estimate of drug-likeness (QED) is 0.358. The Morgan fingerprint density at radius 3 is 2.65 bits per heavy atom. The van der Waals surface area contributed by atoms with Gasteiger partial charge in [-0.2, -0.15) is 0 Å². The molecular weight excluding hydrogens is 297 g/mol. The summed E-state index contributed by atoms with van der Waals surface area (Å²) in [5.74, 6) is -2.46. The van der Waals surface area contributed by atoms with Crippen LogP contribution in [0.2, 0.25) is 0 Å². The molecule has 1 N–H and O–H groups in total. The number of carboxylic acid groups (broad SMARTS) is 1. The number of nitrogens with zero attached hydrogens (tertiary/aromatic N) is 1. The van der Waals surface area contributed by atoms with Crippen molar-refractivity contribution in [1.82, 2.24) is 0 Å². The van der Waals surface area contributed by atoms with Gasteiger partial charge in [-0.3, -0.25) is 19.7 Å². The van der Waals surface area contributed by atoms with Crippen molar-refractivity contribution in [2.45, 2.75) is 12.8 Å². The van der Waals surface area contributed by atoms with Crippen LogP contribution in [0.3, 0.4) is 0 Å². The SMILES string of the molecule is Cl.O=Cc1c([N+](=O)[O-])ccc(OCCCC(=O)O)c1F. The summed E-state index contributed by atoms with van der Waals surface area (Å²) in [5, 5.41) is 18.9. The topological polar surface area (TPSA) is 107 Å². The monoisotopic (exact) mass is 307 g/mol. The Balaban J connectivity index is 0.00000361. The fourth-order valence-electron chi connectivity index (χ4n) is 1.35. The summed E-state index contributed by atoms with van der Waals surface area (Å²) in [4.78, 5) is 30.6. The van der Waals surface area contributed by atoms with Gasteiger partial charge in [-0.25, -0.2) is 4.39 Å². The highest BCUT2D eigenvalue weighted by molar-refractivity contribution is 5.85. The Hall–Kier alpha value is -2.22. The van der Waals surface area contributed by atoms with Crippen molar-refractivity contribution < 1.29 is 28.7 Å². The number of aliphatic carboxylic acids is 1. The Morgan fingerprint density at radius 1 is 1.50 bits per heavy atom. The molecule has 0 radical (unpaired) electrons. The summed E-state index contributed by atoms with van der Waals surface area (Å²) >= 11 is 0. The van der Waals surface area contributed by atoms with Crippen molar-refractivity contribution in [3.63, 3.8) is 0 Å². The molecule has 0 aromatic heterocycles. The lowest BCUT2D eigenvalue weighted by molar-refractivity contribution is -0.385. The van der Waals surface area contributed by atoms with E-state index in [0.29, 0.717) is 0 Å². The Morgan fingerprint density at radius 2 is 2.15 bits per heavy atom. The third-order valence-corrected chi connectivity index (χ3v) is 2.23. The van der Waals surface area contributed by atoms with Gasteiger partial charge in [-0.05, 0) is 12.5 Å². The molecule has 1 aromatic rings. The molecule has 0 saturated heterocycles. The van der Waals surface area contributed by atoms with Gasteiger partial charge in [0.05, 0.1) is 11.5 Å². The highest BCUT2D eigenvalue weighted by Crippen LogP contribution is 2.27. The minimum Gasteiger partial charge on any atom is -0.490 e. The first-order chi connectivity index (χ1) is 8.97. The van der Waals surface area contributed by atoms with Gasteiger partial charge in [0, 0.05) is 12.5 Å². The minimum absolute atomic E-state index is 0. The zero-order valence-electron chi connectivity index (χ0n) is 10.1. The molecule has 20 heavy (non-hydrogen) atoms. The van der Waals surface area contributed by atoms with Crippen LogP contribution in [0.5, 0.6) is 5.75 Å². The van der Waals surface area contributed by atoms with Gasteiger partial charge in [-0.1, -0.05) is 0 Å². The number of ether oxygens (including phenoxy) is 1. The molecule has 0 spiro atoms. The molecular formula is C11H11ClFNO6. The van der Waals surface area contributed by atoms with Crippen LogP contribution in [0.1, 0.15) is 23.2 Å². The summed E-state index contributed by atoms with van der Waals surface area (Å²) in [7, 11) is 0. The second-order valence-corrected chi connectivity index (χ2v) is 3.53. The van der Waals surface area contributed by atoms with Crippen molar-refractivity contribution in [2.75, 3.05) is 6.61 Å². The van der Waals surface area contributed by atoms with E-state index in [2.05, 4.69) is 0 Å². The highest BCUT2D eigenvalue weighted by atomic mass is 35.5. The van der Waals surface area contributed by atoms with Crippen molar-refractivity contribution in [2.24, 2.45) is 0 Å². The lowest BCUT2D eigenvalue weighted by Gasteiger charge is -2.07. The van der Waals surface area contributed by atoms with E-state index >= 15 is 0 Å². The molecule has 0 heterocycles. The lowest BCUT2D eigenvalue weighted by Crippen LogP contribution is -2.05. The normalized spacial score (nSPS) is 9.45. The molecule has 0 aliphatic rings. The number of halogens is 2. The average Bonchev–Trinajstić information content (AvgIpc) is 2.35. The summed E-state index contributed by atoms with van der Waals surface area (Å²) < 4.78 is 18.6. The number of hydrogen-bond acceptors (Lipinski definition) is 5. The van der Waals surface area contributed by atoms with E-state index in [1.807, 2.05) is 0 Å². The van der Waals surface area contributed by atoms with Gasteiger partial charge >= 0.3 is 5.97 Å². The van der Waals surface area contributed by atoms with E-state index in [-0.39, 0.29) is 43.9 Å². The number of hydrogen-bond donors (Lipinski definition) is 1. The molecule has 0 atom stereocenters. The summed E-state index contributed by atoms with van der Waals surface area (Å²) in [6.45, 7) is -0.0701. The predicted molar refractivity (Wildman–Crippen MR) is 68.1 cm³/mol. The van der Waals surface area contributed by atoms with E-state index in [0.717, 1.165) is 12.1 Å². The molecule has 1 aromatic carbocycles. The number of carbonyl (C=O) groups is 2. The third kappa shape index (κ3) is 4.47. The first-order valence-corrected chi connectivity index (χ1v) is 5.24. The van der Waals surface area contributed by atoms with Crippen molar-refractivity contribution in [3.8, 4) is 5.75 Å². The molecule has 110 valence electrons. The number of benzene rings is 1. The van der Waals surface area contributed by atoms with Crippen LogP contribution >= 0.6 is 12.4 Å². The smallest absolute Gasteiger partial charge is 0.303 e. The molecule has 0 amide bonds. The van der Waals surface area contributed by atoms with Crippen molar-refractivity contribution in [1.29, 1.82) is 0 Å². The first kappa shape index (κ1) is 17.8. The van der Waals surface area contributed by atoms with E-state index in [1.165, 1.54) is 0 Å². The van der Waals surface area contributed by atoms with Crippen LogP contribution in [0.25, 0.3) is 0 Å². The zero-order valence-corrected chi connectivity index (χ0v) is 10.9. The molecule has 1 rings (SSSR count). The van der Waals surface area contributed by atoms with Crippen LogP contribution < -0.4 is 4.74 Å². The van der Waals surface area contributed by atoms with Gasteiger partial charge in [-0.15, -0.1) is 12.4 Å². The second kappa shape index (κ2) is 8.05. The average molecular weight is 308 g/mol. The van der Waals surface area contributed by atoms with Crippen molar-refractivity contribution in [3.05, 3.63) is 33.6 Å². The predicted octanol–water partition coefficient (Wildman–Crippen LogP) is 2.21. The summed E-state index contributed by atoms with van der Waals surface area (Å²) in [6.07, 6.45) is 0.0505. The fourth-order valence-corrected chi connectivity index (χ4v) is 1.35. The Labute approximate surface area is 118 Å². The van der Waals surface area contributed by atoms with Gasteiger partial charge in [0.2, 0.25) is 0 Å². The van der Waals surface area contributed by atoms with Crippen LogP contribution in [0.4, 0.5) is 10.1 Å². The summed E-state index contributed by atoms with van der Waals surface area (Å²) in [5.41, 5.74) is -1.34. The highest BCUT2D eigenvalue weighted by Gasteiger charge is 2.21. The summed E-state index contributed by atoms with van der Waals surface area (Å²) in [6, 6.07) is 1.99. The zero-order chi connectivity index (χ0) is 14.4. The van der Waals surface area contributed by atoms with E-state index in [4.69, 9.17) is 9.84 Å². The maximum Gasteiger partial charge on any atom is 0.303 e. The molecule has 0 bridgehead atoms. The number of carboxylic acids is 1. The standard InChI is InChI=1S/C11H10FNO6.ClH/c12-11-7(6-14)8(13(17)18)3-4-9(11)19-5-1-2-10(15)16;/h3-4,6H,1-2,5H2,(H,15,16);1H. The van der Waals surface area contributed by atoms with Crippen LogP contribution in [-0.4, -0.2) is 28.9 Å². The molecule has 0 aliphatic heterocycles. The van der Waals surface area contributed by atoms with Gasteiger partial charge in [0.25, 0.3) is 5.69 Å². The first-order valence-electron chi connectivity index (χ1n) is 5.24. The Kier molecular flexibility index (Phi) is 7.16. The second-order valence-electron chi connectivity index (χ2n) is 3.53. The number of nitro groups is 1. The third-order valence-electron chi connectivity index (χ3n) is 2.23. The van der Waals surface area contributed by atoms with Gasteiger partial charge in [0.1, 0.15) is 5.56 Å². The minimum atomic E-state index is -1.13. The van der Waals surface area contributed by atoms with E-state index < -0.39 is 28.0 Å². The Bertz CT molecular complexity index is 522. The molecule has 0 saturated carbocycles. The molecule has 7 nitrogen and oxygen atoms in total. The van der Waals surface area contributed by atoms with Gasteiger partial charge in [0.15, 0.2) is 17.9 Å². The van der Waals surface area contributed by atoms with Crippen molar-refractivity contribution >= 4 is 30.3 Å². The number of nitro benzene ring substituents is 1. The number of aldehydes is 1. The molecule has 0 fully saturated rings. The van der Waals surface area contributed by atoms with Crippen LogP contribution in [0.15, 0.2) is 12.1 Å². The van der Waals surface area contributed by atoms with E-state index in [1.54, 1.807) is 0 Å². The maximum atomic E-state index is 13.7. The maximum absolute atomic E-state index is 13.7. The van der Waals surface area contributed by atoms with E-state index in [9.17, 15) is 24.1 Å². The van der Waals surface area contributed by atoms with Crippen LogP contribution in [-0.2, 0) is 4.79 Å². The van der Waals surface area contributed by atoms with Gasteiger partial charge < -0.3 is 9.84 Å². The molecule has 0 unspecified atom stereocenters. The molecule has 0 aliphatic carbocycles. The lowest BCUT2D eigenvalue weighted by atomic mass is 10.1. The number of rotatable bonds is 7. The fraction of sp³-hybridized carbons (Fsp3) is 0.273. The largest absolute Gasteiger partial charge is 0.490 e. The number of carbonyl (C=O) groups excluding carboxylic acids is 1. The van der Waals surface area contributed by atoms with Crippen LogP contribution in [0, 0.1) is 15.9 Å².